The lowest BCUT2D eigenvalue weighted by molar-refractivity contribution is 0.339. The Kier molecular flexibility index (Phi) is 8.45. The normalized spacial score (nSPS) is 11.1. The Morgan fingerprint density at radius 2 is 1.79 bits per heavy atom. The van der Waals surface area contributed by atoms with Crippen LogP contribution in [0.1, 0.15) is 18.1 Å². The first-order chi connectivity index (χ1) is 14.0. The summed E-state index contributed by atoms with van der Waals surface area (Å²) in [6, 6.07) is 12.1. The molecule has 0 fully saturated rings. The number of hydrogen-bond donors (Lipinski definition) is 3. The van der Waals surface area contributed by atoms with E-state index < -0.39 is 0 Å². The number of anilines is 1. The SMILES string of the molecule is CCN(CCNC(=NC)NCc1cc(OC)c(O)c(OC)c1)c1cccc(C)c1. The monoisotopic (exact) mass is 400 g/mol. The standard InChI is InChI=1S/C22H32N4O3/c1-6-26(18-9-7-8-16(2)12-18)11-10-24-22(23-3)25-15-17-13-19(28-4)21(27)20(14-17)29-5/h7-9,12-14,27H,6,10-11,15H2,1-5H3,(H2,23,24,25). The van der Waals surface area contributed by atoms with E-state index in [9.17, 15) is 5.11 Å². The molecule has 0 aliphatic carbocycles. The van der Waals surface area contributed by atoms with Gasteiger partial charge in [0.1, 0.15) is 0 Å². The van der Waals surface area contributed by atoms with Crippen LogP contribution in [0.25, 0.3) is 0 Å². The average molecular weight is 401 g/mol. The van der Waals surface area contributed by atoms with Gasteiger partial charge in [-0.2, -0.15) is 0 Å². The topological polar surface area (TPSA) is 78.4 Å². The van der Waals surface area contributed by atoms with Gasteiger partial charge in [0, 0.05) is 38.9 Å². The maximum absolute atomic E-state index is 10.0. The molecule has 0 unspecified atom stereocenters. The van der Waals surface area contributed by atoms with Crippen LogP contribution in [0.3, 0.4) is 0 Å². The highest BCUT2D eigenvalue weighted by atomic mass is 16.5. The summed E-state index contributed by atoms with van der Waals surface area (Å²) in [7, 11) is 4.77. The minimum Gasteiger partial charge on any atom is -0.502 e. The molecule has 0 radical (unpaired) electrons. The smallest absolute Gasteiger partial charge is 0.200 e. The van der Waals surface area contributed by atoms with Gasteiger partial charge in [0.15, 0.2) is 17.5 Å². The summed E-state index contributed by atoms with van der Waals surface area (Å²) < 4.78 is 10.4. The number of benzene rings is 2. The lowest BCUT2D eigenvalue weighted by Gasteiger charge is -2.24. The van der Waals surface area contributed by atoms with Gasteiger partial charge in [-0.25, -0.2) is 0 Å². The summed E-state index contributed by atoms with van der Waals surface area (Å²) >= 11 is 0. The van der Waals surface area contributed by atoms with Crippen LogP contribution in [0.15, 0.2) is 41.4 Å². The molecule has 0 aliphatic heterocycles. The van der Waals surface area contributed by atoms with Gasteiger partial charge in [-0.05, 0) is 49.2 Å². The number of hydrogen-bond acceptors (Lipinski definition) is 5. The van der Waals surface area contributed by atoms with Crippen LogP contribution in [0.4, 0.5) is 5.69 Å². The number of rotatable bonds is 9. The van der Waals surface area contributed by atoms with Crippen LogP contribution in [-0.2, 0) is 6.54 Å². The number of nitrogens with one attached hydrogen (secondary N) is 2. The number of phenolic OH excluding ortho intramolecular Hbond substituents is 1. The van der Waals surface area contributed by atoms with E-state index in [1.807, 2.05) is 0 Å². The van der Waals surface area contributed by atoms with Gasteiger partial charge in [0.25, 0.3) is 0 Å². The Hall–Kier alpha value is -3.09. The van der Waals surface area contributed by atoms with Gasteiger partial charge >= 0.3 is 0 Å². The number of phenols is 1. The minimum atomic E-state index is -0.00272. The largest absolute Gasteiger partial charge is 0.502 e. The van der Waals surface area contributed by atoms with Gasteiger partial charge in [-0.15, -0.1) is 0 Å². The maximum Gasteiger partial charge on any atom is 0.200 e. The summed E-state index contributed by atoms with van der Waals surface area (Å²) in [6.45, 7) is 7.33. The first kappa shape index (κ1) is 22.2. The van der Waals surface area contributed by atoms with Crippen LogP contribution in [0.5, 0.6) is 17.2 Å². The van der Waals surface area contributed by atoms with Crippen molar-refractivity contribution in [2.24, 2.45) is 4.99 Å². The number of aliphatic imine (C=N–C) groups is 1. The average Bonchev–Trinajstić information content (AvgIpc) is 2.74. The predicted molar refractivity (Wildman–Crippen MR) is 118 cm³/mol. The summed E-state index contributed by atoms with van der Waals surface area (Å²) in [5.41, 5.74) is 3.39. The molecule has 0 amide bonds. The Morgan fingerprint density at radius 3 is 2.34 bits per heavy atom. The fourth-order valence-electron chi connectivity index (χ4n) is 3.06. The quantitative estimate of drug-likeness (QED) is 0.444. The van der Waals surface area contributed by atoms with Crippen LogP contribution >= 0.6 is 0 Å². The van der Waals surface area contributed by atoms with E-state index >= 15 is 0 Å². The molecule has 0 saturated heterocycles. The first-order valence-corrected chi connectivity index (χ1v) is 9.72. The number of ether oxygens (including phenoxy) is 2. The van der Waals surface area contributed by atoms with Gasteiger partial charge < -0.3 is 30.1 Å². The second kappa shape index (κ2) is 11.0. The van der Waals surface area contributed by atoms with Gasteiger partial charge in [-0.1, -0.05) is 12.1 Å². The van der Waals surface area contributed by atoms with Crippen molar-refractivity contribution in [2.45, 2.75) is 20.4 Å². The molecule has 7 nitrogen and oxygen atoms in total. The Bertz CT molecular complexity index is 798. The third kappa shape index (κ3) is 6.20. The van der Waals surface area contributed by atoms with Crippen molar-refractivity contribution < 1.29 is 14.6 Å². The highest BCUT2D eigenvalue weighted by molar-refractivity contribution is 5.79. The third-order valence-electron chi connectivity index (χ3n) is 4.65. The maximum atomic E-state index is 10.0. The Balaban J connectivity index is 1.91. The Labute approximate surface area is 173 Å². The van der Waals surface area contributed by atoms with Crippen molar-refractivity contribution in [2.75, 3.05) is 45.8 Å². The molecule has 0 bridgehead atoms. The molecule has 2 rings (SSSR count). The van der Waals surface area contributed by atoms with Gasteiger partial charge in [-0.3, -0.25) is 4.99 Å². The molecule has 158 valence electrons. The molecule has 7 heteroatoms. The molecule has 2 aromatic rings. The summed E-state index contributed by atoms with van der Waals surface area (Å²) in [5, 5.41) is 16.6. The van der Waals surface area contributed by atoms with Crippen molar-refractivity contribution in [1.82, 2.24) is 10.6 Å². The van der Waals surface area contributed by atoms with Crippen LogP contribution in [0, 0.1) is 6.92 Å². The molecule has 0 saturated carbocycles. The van der Waals surface area contributed by atoms with Crippen molar-refractivity contribution >= 4 is 11.6 Å². The van der Waals surface area contributed by atoms with E-state index in [1.54, 1.807) is 19.2 Å². The van der Waals surface area contributed by atoms with E-state index in [0.717, 1.165) is 25.2 Å². The number of aromatic hydroxyl groups is 1. The highest BCUT2D eigenvalue weighted by Gasteiger charge is 2.11. The Morgan fingerprint density at radius 1 is 1.10 bits per heavy atom. The molecule has 29 heavy (non-hydrogen) atoms. The molecule has 0 aliphatic rings. The second-order valence-electron chi connectivity index (χ2n) is 6.62. The number of nitrogens with zero attached hydrogens (tertiary/aromatic N) is 2. The lowest BCUT2D eigenvalue weighted by Crippen LogP contribution is -2.41. The zero-order chi connectivity index (χ0) is 21.2. The summed E-state index contributed by atoms with van der Waals surface area (Å²) in [6.07, 6.45) is 0. The summed E-state index contributed by atoms with van der Waals surface area (Å²) in [4.78, 5) is 6.60. The van der Waals surface area contributed by atoms with E-state index in [4.69, 9.17) is 9.47 Å². The molecule has 0 atom stereocenters. The lowest BCUT2D eigenvalue weighted by atomic mass is 10.2. The third-order valence-corrected chi connectivity index (χ3v) is 4.65. The minimum absolute atomic E-state index is 0.00272. The summed E-state index contributed by atoms with van der Waals surface area (Å²) in [5.74, 6) is 1.45. The fourth-order valence-corrected chi connectivity index (χ4v) is 3.06. The van der Waals surface area contributed by atoms with E-state index in [0.29, 0.717) is 24.0 Å². The van der Waals surface area contributed by atoms with E-state index in [1.165, 1.54) is 25.5 Å². The van der Waals surface area contributed by atoms with E-state index in [-0.39, 0.29) is 5.75 Å². The number of aryl methyl sites for hydroxylation is 1. The highest BCUT2D eigenvalue weighted by Crippen LogP contribution is 2.36. The van der Waals surface area contributed by atoms with E-state index in [2.05, 4.69) is 58.6 Å². The molecule has 3 N–H and O–H groups in total. The van der Waals surface area contributed by atoms with Crippen molar-refractivity contribution in [1.29, 1.82) is 0 Å². The predicted octanol–water partition coefficient (Wildman–Crippen LogP) is 2.91. The molecular weight excluding hydrogens is 368 g/mol. The molecule has 0 heterocycles. The zero-order valence-electron chi connectivity index (χ0n) is 18.0. The van der Waals surface area contributed by atoms with Gasteiger partial charge in [0.2, 0.25) is 5.75 Å². The molecule has 0 aromatic heterocycles. The molecule has 2 aromatic carbocycles. The first-order valence-electron chi connectivity index (χ1n) is 9.72. The van der Waals surface area contributed by atoms with Crippen molar-refractivity contribution in [3.05, 3.63) is 47.5 Å². The molecule has 0 spiro atoms. The second-order valence-corrected chi connectivity index (χ2v) is 6.62. The zero-order valence-corrected chi connectivity index (χ0v) is 18.0. The van der Waals surface area contributed by atoms with Crippen molar-refractivity contribution in [3.63, 3.8) is 0 Å². The number of methoxy groups -OCH3 is 2. The van der Waals surface area contributed by atoms with Crippen LogP contribution < -0.4 is 25.0 Å². The fraction of sp³-hybridized carbons (Fsp3) is 0.409. The van der Waals surface area contributed by atoms with Crippen molar-refractivity contribution in [3.8, 4) is 17.2 Å². The number of likely N-dealkylation sites (N-methyl/N-ethyl adjacent to an activating group) is 1. The number of guanidine groups is 1. The molecular formula is C22H32N4O3. The van der Waals surface area contributed by atoms with Crippen LogP contribution in [0.2, 0.25) is 0 Å². The van der Waals surface area contributed by atoms with Gasteiger partial charge in [0.05, 0.1) is 14.2 Å². The van der Waals surface area contributed by atoms with Crippen LogP contribution in [-0.4, -0.2) is 52.0 Å².